The van der Waals surface area contributed by atoms with Crippen LogP contribution in [0.15, 0.2) is 48.5 Å². The molecule has 154 valence electrons. The van der Waals surface area contributed by atoms with Crippen molar-refractivity contribution in [2.75, 3.05) is 11.9 Å². The first-order valence-electron chi connectivity index (χ1n) is 9.80. The Labute approximate surface area is 175 Å². The van der Waals surface area contributed by atoms with Crippen molar-refractivity contribution in [2.24, 2.45) is 0 Å². The molecule has 0 saturated carbocycles. The van der Waals surface area contributed by atoms with Crippen molar-refractivity contribution in [2.45, 2.75) is 38.9 Å². The molecule has 0 aromatic heterocycles. The van der Waals surface area contributed by atoms with E-state index in [9.17, 15) is 14.4 Å². The molecule has 1 saturated heterocycles. The van der Waals surface area contributed by atoms with Gasteiger partial charge in [-0.3, -0.25) is 19.3 Å². The number of nitrogens with one attached hydrogen (secondary N) is 1. The SMILES string of the molecule is CC1(C)OB(c2cccc(NC(=O)CN3C(=O)c4ccccc4C3=O)c2)OC1(C)C. The van der Waals surface area contributed by atoms with E-state index in [2.05, 4.69) is 5.32 Å². The minimum absolute atomic E-state index is 0.318. The van der Waals surface area contributed by atoms with Gasteiger partial charge in [0.15, 0.2) is 0 Å². The van der Waals surface area contributed by atoms with Crippen LogP contribution in [0.1, 0.15) is 48.4 Å². The van der Waals surface area contributed by atoms with Crippen molar-refractivity contribution < 1.29 is 23.7 Å². The fourth-order valence-corrected chi connectivity index (χ4v) is 3.47. The molecule has 0 spiro atoms. The van der Waals surface area contributed by atoms with Crippen molar-refractivity contribution in [3.63, 3.8) is 0 Å². The van der Waals surface area contributed by atoms with Gasteiger partial charge in [0, 0.05) is 5.69 Å². The summed E-state index contributed by atoms with van der Waals surface area (Å²) in [6.45, 7) is 7.54. The molecule has 1 N–H and O–H groups in total. The number of rotatable bonds is 4. The number of nitrogens with zero attached hydrogens (tertiary/aromatic N) is 1. The van der Waals surface area contributed by atoms with Crippen molar-refractivity contribution in [1.82, 2.24) is 4.90 Å². The highest BCUT2D eigenvalue weighted by Gasteiger charge is 2.51. The maximum Gasteiger partial charge on any atom is 0.494 e. The van der Waals surface area contributed by atoms with E-state index >= 15 is 0 Å². The van der Waals surface area contributed by atoms with Crippen LogP contribution in [0.4, 0.5) is 5.69 Å². The second-order valence-corrected chi connectivity index (χ2v) is 8.50. The lowest BCUT2D eigenvalue weighted by atomic mass is 9.79. The molecule has 0 aliphatic carbocycles. The molecule has 4 rings (SSSR count). The molecule has 8 heteroatoms. The van der Waals surface area contributed by atoms with Gasteiger partial charge < -0.3 is 14.6 Å². The molecule has 3 amide bonds. The summed E-state index contributed by atoms with van der Waals surface area (Å²) in [5.41, 5.74) is 0.997. The third-order valence-electron chi connectivity index (χ3n) is 5.88. The van der Waals surface area contributed by atoms with E-state index in [0.29, 0.717) is 16.8 Å². The van der Waals surface area contributed by atoms with Gasteiger partial charge in [-0.15, -0.1) is 0 Å². The second kappa shape index (κ2) is 7.07. The predicted molar refractivity (Wildman–Crippen MR) is 113 cm³/mol. The standard InChI is InChI=1S/C22H23BN2O5/c1-21(2)22(3,4)30-23(29-21)14-8-7-9-15(12-14)24-18(26)13-25-19(27)16-10-5-6-11-17(16)20(25)28/h5-12H,13H2,1-4H3,(H,24,26). The highest BCUT2D eigenvalue weighted by molar-refractivity contribution is 6.62. The van der Waals surface area contributed by atoms with Gasteiger partial charge in [0.1, 0.15) is 6.54 Å². The predicted octanol–water partition coefficient (Wildman–Crippen LogP) is 2.22. The second-order valence-electron chi connectivity index (χ2n) is 8.50. The summed E-state index contributed by atoms with van der Waals surface area (Å²) in [5.74, 6) is -1.39. The lowest BCUT2D eigenvalue weighted by Gasteiger charge is -2.32. The molecule has 0 radical (unpaired) electrons. The Hall–Kier alpha value is -2.97. The van der Waals surface area contributed by atoms with E-state index in [1.165, 1.54) is 0 Å². The molecule has 1 fully saturated rings. The number of anilines is 1. The maximum absolute atomic E-state index is 12.5. The Morgan fingerprint density at radius 3 is 2.07 bits per heavy atom. The molecule has 0 bridgehead atoms. The number of amides is 3. The number of hydrogen-bond acceptors (Lipinski definition) is 5. The Morgan fingerprint density at radius 1 is 0.933 bits per heavy atom. The number of hydrogen-bond donors (Lipinski definition) is 1. The van der Waals surface area contributed by atoms with Crippen molar-refractivity contribution in [3.05, 3.63) is 59.7 Å². The van der Waals surface area contributed by atoms with E-state index in [-0.39, 0.29) is 6.54 Å². The average Bonchev–Trinajstić information content (AvgIpc) is 3.06. The monoisotopic (exact) mass is 406 g/mol. The van der Waals surface area contributed by atoms with Gasteiger partial charge in [-0.1, -0.05) is 24.3 Å². The van der Waals surface area contributed by atoms with Gasteiger partial charge in [-0.2, -0.15) is 0 Å². The summed E-state index contributed by atoms with van der Waals surface area (Å²) in [6, 6.07) is 13.7. The number of carbonyl (C=O) groups is 3. The van der Waals surface area contributed by atoms with Gasteiger partial charge >= 0.3 is 7.12 Å². The van der Waals surface area contributed by atoms with Crippen molar-refractivity contribution in [1.29, 1.82) is 0 Å². The molecule has 2 aliphatic rings. The summed E-state index contributed by atoms with van der Waals surface area (Å²) < 4.78 is 12.1. The van der Waals surface area contributed by atoms with Gasteiger partial charge in [0.2, 0.25) is 5.91 Å². The Kier molecular flexibility index (Phi) is 4.79. The molecule has 2 heterocycles. The smallest absolute Gasteiger partial charge is 0.399 e. The van der Waals surface area contributed by atoms with E-state index in [0.717, 1.165) is 10.4 Å². The van der Waals surface area contributed by atoms with Gasteiger partial charge in [0.05, 0.1) is 22.3 Å². The van der Waals surface area contributed by atoms with Crippen LogP contribution >= 0.6 is 0 Å². The first kappa shape index (κ1) is 20.3. The van der Waals surface area contributed by atoms with Crippen LogP contribution in [-0.4, -0.2) is 47.5 Å². The zero-order valence-corrected chi connectivity index (χ0v) is 17.4. The van der Waals surface area contributed by atoms with Crippen LogP contribution in [0.5, 0.6) is 0 Å². The Morgan fingerprint density at radius 2 is 1.50 bits per heavy atom. The third-order valence-corrected chi connectivity index (χ3v) is 5.88. The van der Waals surface area contributed by atoms with Crippen LogP contribution in [0.25, 0.3) is 0 Å². The Bertz CT molecular complexity index is 998. The molecule has 7 nitrogen and oxygen atoms in total. The summed E-state index contributed by atoms with van der Waals surface area (Å²) in [7, 11) is -0.553. The van der Waals surface area contributed by atoms with Crippen LogP contribution in [0, 0.1) is 0 Å². The largest absolute Gasteiger partial charge is 0.494 e. The normalized spacial score (nSPS) is 19.2. The molecule has 0 atom stereocenters. The van der Waals surface area contributed by atoms with E-state index in [1.54, 1.807) is 42.5 Å². The first-order chi connectivity index (χ1) is 14.1. The minimum Gasteiger partial charge on any atom is -0.399 e. The third kappa shape index (κ3) is 3.42. The van der Waals surface area contributed by atoms with Crippen LogP contribution in [0.2, 0.25) is 0 Å². The number of benzene rings is 2. The maximum atomic E-state index is 12.5. The molecule has 2 aromatic carbocycles. The average molecular weight is 406 g/mol. The highest BCUT2D eigenvalue weighted by Crippen LogP contribution is 2.36. The first-order valence-corrected chi connectivity index (χ1v) is 9.80. The fourth-order valence-electron chi connectivity index (χ4n) is 3.47. The van der Waals surface area contributed by atoms with Crippen LogP contribution < -0.4 is 10.8 Å². The molecule has 2 aromatic rings. The number of carbonyl (C=O) groups excluding carboxylic acids is 3. The molecule has 2 aliphatic heterocycles. The lowest BCUT2D eigenvalue weighted by molar-refractivity contribution is -0.116. The quantitative estimate of drug-likeness (QED) is 0.622. The van der Waals surface area contributed by atoms with Crippen LogP contribution in [-0.2, 0) is 14.1 Å². The molecule has 0 unspecified atom stereocenters. The van der Waals surface area contributed by atoms with Crippen molar-refractivity contribution in [3.8, 4) is 0 Å². The number of imide groups is 1. The van der Waals surface area contributed by atoms with Crippen molar-refractivity contribution >= 4 is 36.0 Å². The fraction of sp³-hybridized carbons (Fsp3) is 0.318. The van der Waals surface area contributed by atoms with E-state index in [1.807, 2.05) is 33.8 Å². The van der Waals surface area contributed by atoms with Gasteiger partial charge in [-0.25, -0.2) is 0 Å². The highest BCUT2D eigenvalue weighted by atomic mass is 16.7. The van der Waals surface area contributed by atoms with Crippen LogP contribution in [0.3, 0.4) is 0 Å². The summed E-state index contributed by atoms with van der Waals surface area (Å²) in [4.78, 5) is 38.4. The molecular formula is C22H23BN2O5. The Balaban J connectivity index is 1.45. The number of fused-ring (bicyclic) bond motifs is 1. The lowest BCUT2D eigenvalue weighted by Crippen LogP contribution is -2.41. The van der Waals surface area contributed by atoms with E-state index < -0.39 is 36.0 Å². The molecule has 30 heavy (non-hydrogen) atoms. The minimum atomic E-state index is -0.553. The van der Waals surface area contributed by atoms with E-state index in [4.69, 9.17) is 9.31 Å². The van der Waals surface area contributed by atoms with Gasteiger partial charge in [-0.05, 0) is 57.4 Å². The van der Waals surface area contributed by atoms with Gasteiger partial charge in [0.25, 0.3) is 11.8 Å². The zero-order chi connectivity index (χ0) is 21.7. The molecular weight excluding hydrogens is 383 g/mol. The topological polar surface area (TPSA) is 84.9 Å². The summed E-state index contributed by atoms with van der Waals surface area (Å²) in [6.07, 6.45) is 0. The zero-order valence-electron chi connectivity index (χ0n) is 17.4. The summed E-state index contributed by atoms with van der Waals surface area (Å²) in [5, 5.41) is 2.75. The summed E-state index contributed by atoms with van der Waals surface area (Å²) >= 11 is 0.